The van der Waals surface area contributed by atoms with Gasteiger partial charge in [0.2, 0.25) is 5.95 Å². The highest BCUT2D eigenvalue weighted by molar-refractivity contribution is 5.78. The van der Waals surface area contributed by atoms with Gasteiger partial charge in [-0.15, -0.1) is 8.78 Å². The van der Waals surface area contributed by atoms with Crippen LogP contribution < -0.4 is 25.9 Å². The molecule has 0 bridgehead atoms. The van der Waals surface area contributed by atoms with Crippen LogP contribution in [0, 0.1) is 6.92 Å². The number of anilines is 4. The number of oxazole rings is 1. The first-order chi connectivity index (χ1) is 14.4. The van der Waals surface area contributed by atoms with Crippen molar-refractivity contribution >= 4 is 34.2 Å². The van der Waals surface area contributed by atoms with Crippen LogP contribution in [0.1, 0.15) is 5.56 Å². The minimum absolute atomic E-state index is 0.0853. The zero-order valence-corrected chi connectivity index (χ0v) is 15.3. The van der Waals surface area contributed by atoms with Crippen LogP contribution in [0.15, 0.2) is 51.8 Å². The van der Waals surface area contributed by atoms with E-state index in [0.717, 1.165) is 5.56 Å². The Bertz CT molecular complexity index is 1330. The number of alkyl halides is 2. The maximum Gasteiger partial charge on any atom is 0.586 e. The van der Waals surface area contributed by atoms with Crippen LogP contribution in [-0.4, -0.2) is 21.2 Å². The first-order valence-corrected chi connectivity index (χ1v) is 8.76. The fourth-order valence-corrected chi connectivity index (χ4v) is 2.98. The van der Waals surface area contributed by atoms with E-state index in [1.165, 1.54) is 6.07 Å². The molecule has 3 heterocycles. The molecule has 0 aliphatic carbocycles. The van der Waals surface area contributed by atoms with Gasteiger partial charge in [0.05, 0.1) is 11.2 Å². The van der Waals surface area contributed by atoms with E-state index in [-0.39, 0.29) is 23.1 Å². The van der Waals surface area contributed by atoms with E-state index in [2.05, 4.69) is 35.1 Å². The van der Waals surface area contributed by atoms with Crippen molar-refractivity contribution in [3.8, 4) is 11.5 Å². The summed E-state index contributed by atoms with van der Waals surface area (Å²) in [5.41, 5.74) is 2.60. The zero-order chi connectivity index (χ0) is 20.9. The quantitative estimate of drug-likeness (QED) is 0.460. The predicted octanol–water partition coefficient (Wildman–Crippen LogP) is 4.03. The van der Waals surface area contributed by atoms with Crippen LogP contribution in [0.25, 0.3) is 11.1 Å². The molecule has 1 aliphatic heterocycles. The van der Waals surface area contributed by atoms with Crippen molar-refractivity contribution in [3.63, 3.8) is 0 Å². The molecule has 9 nitrogen and oxygen atoms in total. The Labute approximate surface area is 166 Å². The minimum Gasteiger partial charge on any atom is -0.408 e. The number of ether oxygens (including phenoxy) is 2. The van der Waals surface area contributed by atoms with Crippen LogP contribution in [0.2, 0.25) is 0 Å². The van der Waals surface area contributed by atoms with Crippen LogP contribution >= 0.6 is 0 Å². The number of aromatic nitrogens is 3. The molecule has 3 N–H and O–H groups in total. The minimum atomic E-state index is -3.73. The lowest BCUT2D eigenvalue weighted by atomic mass is 10.2. The Morgan fingerprint density at radius 2 is 2.00 bits per heavy atom. The number of hydrogen-bond donors (Lipinski definition) is 3. The van der Waals surface area contributed by atoms with Crippen LogP contribution in [-0.2, 0) is 0 Å². The Morgan fingerprint density at radius 1 is 1.13 bits per heavy atom. The molecule has 0 unspecified atom stereocenters. The number of nitrogens with one attached hydrogen (secondary N) is 3. The number of para-hydroxylation sites is 1. The van der Waals surface area contributed by atoms with Gasteiger partial charge in [-0.2, -0.15) is 4.98 Å². The third kappa shape index (κ3) is 3.26. The molecule has 2 aromatic carbocycles. The summed E-state index contributed by atoms with van der Waals surface area (Å²) < 4.78 is 40.8. The van der Waals surface area contributed by atoms with E-state index in [9.17, 15) is 13.6 Å². The zero-order valence-electron chi connectivity index (χ0n) is 15.3. The number of rotatable bonds is 4. The van der Waals surface area contributed by atoms with Crippen LogP contribution in [0.3, 0.4) is 0 Å². The normalized spacial score (nSPS) is 14.1. The molecule has 0 atom stereocenters. The standard InChI is InChI=1S/C19H13F2N5O4/c1-9-8-22-17(24-11-3-2-4-14-15(11)30-19(20,21)29-14)26-16(9)23-10-5-6-13-12(7-10)25-18(27)28-13/h2-8H,1H3,(H,25,27)(H2,22,23,24,26). The van der Waals surface area contributed by atoms with Gasteiger partial charge in [-0.05, 0) is 37.3 Å². The summed E-state index contributed by atoms with van der Waals surface area (Å²) in [5.74, 6) is -0.117. The Kier molecular flexibility index (Phi) is 3.85. The molecule has 5 rings (SSSR count). The van der Waals surface area contributed by atoms with Gasteiger partial charge >= 0.3 is 12.1 Å². The largest absolute Gasteiger partial charge is 0.586 e. The molecule has 30 heavy (non-hydrogen) atoms. The number of halogens is 2. The predicted molar refractivity (Wildman–Crippen MR) is 103 cm³/mol. The smallest absolute Gasteiger partial charge is 0.408 e. The van der Waals surface area contributed by atoms with Crippen molar-refractivity contribution in [2.45, 2.75) is 13.2 Å². The summed E-state index contributed by atoms with van der Waals surface area (Å²) in [5, 5.41) is 6.00. The third-order valence-corrected chi connectivity index (χ3v) is 4.33. The summed E-state index contributed by atoms with van der Waals surface area (Å²) >= 11 is 0. The number of H-pyrrole nitrogens is 1. The number of fused-ring (bicyclic) bond motifs is 2. The lowest BCUT2D eigenvalue weighted by molar-refractivity contribution is -0.286. The van der Waals surface area contributed by atoms with E-state index >= 15 is 0 Å². The van der Waals surface area contributed by atoms with Crippen molar-refractivity contribution < 1.29 is 22.7 Å². The molecule has 0 fully saturated rings. The summed E-state index contributed by atoms with van der Waals surface area (Å²) in [4.78, 5) is 22.5. The molecule has 0 saturated heterocycles. The maximum atomic E-state index is 13.4. The number of benzene rings is 2. The van der Waals surface area contributed by atoms with Crippen molar-refractivity contribution in [2.24, 2.45) is 0 Å². The van der Waals surface area contributed by atoms with Gasteiger partial charge in [-0.3, -0.25) is 4.98 Å². The first-order valence-electron chi connectivity index (χ1n) is 8.76. The van der Waals surface area contributed by atoms with Crippen molar-refractivity contribution in [3.05, 3.63) is 58.7 Å². The summed E-state index contributed by atoms with van der Waals surface area (Å²) in [6.45, 7) is 1.81. The van der Waals surface area contributed by atoms with E-state index < -0.39 is 12.1 Å². The first kappa shape index (κ1) is 17.9. The van der Waals surface area contributed by atoms with Gasteiger partial charge in [0.1, 0.15) is 5.82 Å². The third-order valence-electron chi connectivity index (χ3n) is 4.33. The second-order valence-electron chi connectivity index (χ2n) is 6.50. The van der Waals surface area contributed by atoms with Gasteiger partial charge in [-0.25, -0.2) is 9.78 Å². The molecule has 0 amide bonds. The Hall–Kier alpha value is -4.15. The lowest BCUT2D eigenvalue weighted by Crippen LogP contribution is -2.26. The lowest BCUT2D eigenvalue weighted by Gasteiger charge is -2.12. The second-order valence-corrected chi connectivity index (χ2v) is 6.50. The fraction of sp³-hybridized carbons (Fsp3) is 0.105. The second kappa shape index (κ2) is 6.44. The number of aromatic amines is 1. The molecule has 11 heteroatoms. The van der Waals surface area contributed by atoms with E-state index in [0.29, 0.717) is 22.6 Å². The number of aryl methyl sites for hydroxylation is 1. The topological polar surface area (TPSA) is 114 Å². The van der Waals surface area contributed by atoms with Gasteiger partial charge < -0.3 is 24.5 Å². The molecular weight excluding hydrogens is 400 g/mol. The van der Waals surface area contributed by atoms with E-state index in [4.69, 9.17) is 4.42 Å². The highest BCUT2D eigenvalue weighted by atomic mass is 19.3. The van der Waals surface area contributed by atoms with Gasteiger partial charge in [0.25, 0.3) is 0 Å². The van der Waals surface area contributed by atoms with Gasteiger partial charge in [0.15, 0.2) is 17.1 Å². The molecule has 1 aliphatic rings. The van der Waals surface area contributed by atoms with E-state index in [1.54, 1.807) is 36.5 Å². The highest BCUT2D eigenvalue weighted by Gasteiger charge is 2.44. The number of nitrogens with zero attached hydrogens (tertiary/aromatic N) is 2. The van der Waals surface area contributed by atoms with Crippen molar-refractivity contribution in [1.82, 2.24) is 15.0 Å². The Balaban J connectivity index is 1.43. The van der Waals surface area contributed by atoms with Crippen LogP contribution in [0.5, 0.6) is 11.5 Å². The van der Waals surface area contributed by atoms with Gasteiger partial charge in [0, 0.05) is 17.4 Å². The Morgan fingerprint density at radius 3 is 2.87 bits per heavy atom. The molecule has 2 aromatic heterocycles. The molecular formula is C19H13F2N5O4. The molecule has 152 valence electrons. The monoisotopic (exact) mass is 413 g/mol. The molecule has 0 radical (unpaired) electrons. The van der Waals surface area contributed by atoms with Crippen molar-refractivity contribution in [1.29, 1.82) is 0 Å². The summed E-state index contributed by atoms with van der Waals surface area (Å²) in [7, 11) is 0. The highest BCUT2D eigenvalue weighted by Crippen LogP contribution is 2.46. The van der Waals surface area contributed by atoms with Crippen molar-refractivity contribution in [2.75, 3.05) is 10.6 Å². The molecule has 4 aromatic rings. The molecule has 0 spiro atoms. The summed E-state index contributed by atoms with van der Waals surface area (Å²) in [6, 6.07) is 9.54. The van der Waals surface area contributed by atoms with Gasteiger partial charge in [-0.1, -0.05) is 6.07 Å². The fourth-order valence-electron chi connectivity index (χ4n) is 2.98. The van der Waals surface area contributed by atoms with Crippen LogP contribution in [0.4, 0.5) is 31.9 Å². The number of hydrogen-bond acceptors (Lipinski definition) is 8. The maximum absolute atomic E-state index is 13.4. The SMILES string of the molecule is Cc1cnc(Nc2cccc3c2OC(F)(F)O3)nc1Nc1ccc2oc(=O)[nH]c2c1. The molecule has 0 saturated carbocycles. The van der Waals surface area contributed by atoms with E-state index in [1.807, 2.05) is 6.92 Å². The summed E-state index contributed by atoms with van der Waals surface area (Å²) in [6.07, 6.45) is -2.15. The average Bonchev–Trinajstić information content (AvgIpc) is 3.21. The average molecular weight is 413 g/mol.